The van der Waals surface area contributed by atoms with Crippen molar-refractivity contribution in [3.63, 3.8) is 0 Å². The Morgan fingerprint density at radius 3 is 2.48 bits per heavy atom. The Morgan fingerprint density at radius 1 is 1.04 bits per heavy atom. The molecule has 0 fully saturated rings. The first-order chi connectivity index (χ1) is 10.9. The predicted molar refractivity (Wildman–Crippen MR) is 93.5 cm³/mol. The molecule has 3 aromatic rings. The molecule has 3 rings (SSSR count). The van der Waals surface area contributed by atoms with Crippen LogP contribution in [0.4, 0.5) is 0 Å². The summed E-state index contributed by atoms with van der Waals surface area (Å²) in [6, 6.07) is 16.4. The maximum absolute atomic E-state index is 11.8. The minimum Gasteiger partial charge on any atom is -0.282 e. The fourth-order valence-corrected chi connectivity index (χ4v) is 3.71. The van der Waals surface area contributed by atoms with E-state index in [1.54, 1.807) is 12.1 Å². The molecule has 0 heterocycles. The van der Waals surface area contributed by atoms with E-state index in [1.165, 1.54) is 6.07 Å². The van der Waals surface area contributed by atoms with E-state index in [-0.39, 0.29) is 10.8 Å². The largest absolute Gasteiger partial charge is 0.295 e. The molecule has 0 aliphatic heterocycles. The lowest BCUT2D eigenvalue weighted by atomic mass is 9.93. The van der Waals surface area contributed by atoms with Crippen molar-refractivity contribution >= 4 is 32.5 Å². The van der Waals surface area contributed by atoms with Gasteiger partial charge in [0.05, 0.1) is 0 Å². The summed E-state index contributed by atoms with van der Waals surface area (Å²) in [4.78, 5) is -0.106. The first kappa shape index (κ1) is 16.0. The monoisotopic (exact) mass is 346 g/mol. The van der Waals surface area contributed by atoms with Gasteiger partial charge in [-0.3, -0.25) is 4.55 Å². The highest BCUT2D eigenvalue weighted by Gasteiger charge is 2.20. The molecule has 0 spiro atoms. The lowest BCUT2D eigenvalue weighted by molar-refractivity contribution is 0.483. The van der Waals surface area contributed by atoms with Crippen LogP contribution in [0, 0.1) is 6.92 Å². The summed E-state index contributed by atoms with van der Waals surface area (Å²) in [5.74, 6) is 0.249. The van der Waals surface area contributed by atoms with Crippen LogP contribution in [0.5, 0.6) is 0 Å². The van der Waals surface area contributed by atoms with E-state index in [0.717, 1.165) is 27.5 Å². The van der Waals surface area contributed by atoms with E-state index in [2.05, 4.69) is 0 Å². The van der Waals surface area contributed by atoms with Crippen molar-refractivity contribution < 1.29 is 13.0 Å². The first-order valence-electron chi connectivity index (χ1n) is 7.07. The van der Waals surface area contributed by atoms with Gasteiger partial charge in [0.15, 0.2) is 0 Å². The van der Waals surface area contributed by atoms with Crippen molar-refractivity contribution in [1.29, 1.82) is 0 Å². The minimum atomic E-state index is -4.34. The van der Waals surface area contributed by atoms with Crippen LogP contribution in [0.25, 0.3) is 21.9 Å². The number of hydrogen-bond donors (Lipinski definition) is 1. The summed E-state index contributed by atoms with van der Waals surface area (Å²) in [7, 11) is -4.34. The molecule has 0 amide bonds. The van der Waals surface area contributed by atoms with E-state index < -0.39 is 10.1 Å². The Hall–Kier alpha value is -1.88. The lowest BCUT2D eigenvalue weighted by Gasteiger charge is -2.15. The molecule has 0 radical (unpaired) electrons. The molecule has 0 bridgehead atoms. The van der Waals surface area contributed by atoms with Crippen molar-refractivity contribution in [1.82, 2.24) is 0 Å². The minimum absolute atomic E-state index is 0.106. The molecule has 0 saturated carbocycles. The molecule has 5 heteroatoms. The van der Waals surface area contributed by atoms with Crippen LogP contribution >= 0.6 is 11.6 Å². The van der Waals surface area contributed by atoms with Crippen molar-refractivity contribution in [2.45, 2.75) is 17.7 Å². The third kappa shape index (κ3) is 2.98. The summed E-state index contributed by atoms with van der Waals surface area (Å²) < 4.78 is 33.2. The summed E-state index contributed by atoms with van der Waals surface area (Å²) in [6.07, 6.45) is 0. The molecule has 0 unspecified atom stereocenters. The number of hydrogen-bond acceptors (Lipinski definition) is 2. The Balaban J connectivity index is 2.48. The highest BCUT2D eigenvalue weighted by Crippen LogP contribution is 2.37. The standard InChI is InChI=1S/C18H15ClO3S/c1-12-6-9-17(23(20,21)22)16(10-12)18-14(11-19)8-7-13-4-2-3-5-15(13)18/h2-10H,11H2,1H3,(H,20,21,22). The van der Waals surface area contributed by atoms with E-state index in [9.17, 15) is 13.0 Å². The van der Waals surface area contributed by atoms with Gasteiger partial charge in [0.1, 0.15) is 4.90 Å². The SMILES string of the molecule is Cc1ccc(S(=O)(=O)O)c(-c2c(CCl)ccc3ccccc23)c1. The first-order valence-corrected chi connectivity index (χ1v) is 9.04. The van der Waals surface area contributed by atoms with Crippen molar-refractivity contribution in [3.8, 4) is 11.1 Å². The molecular formula is C18H15ClO3S. The molecule has 23 heavy (non-hydrogen) atoms. The van der Waals surface area contributed by atoms with Gasteiger partial charge in [-0.25, -0.2) is 0 Å². The zero-order chi connectivity index (χ0) is 16.6. The Morgan fingerprint density at radius 2 is 1.78 bits per heavy atom. The van der Waals surface area contributed by atoms with Crippen LogP contribution in [-0.4, -0.2) is 13.0 Å². The number of alkyl halides is 1. The third-order valence-corrected chi connectivity index (χ3v) is 5.04. The Labute approximate surface area is 140 Å². The molecular weight excluding hydrogens is 332 g/mol. The lowest BCUT2D eigenvalue weighted by Crippen LogP contribution is -2.02. The Bertz CT molecular complexity index is 994. The summed E-state index contributed by atoms with van der Waals surface area (Å²) in [5, 5.41) is 1.89. The van der Waals surface area contributed by atoms with Gasteiger partial charge >= 0.3 is 0 Å². The van der Waals surface area contributed by atoms with Gasteiger partial charge in [-0.2, -0.15) is 8.42 Å². The molecule has 3 aromatic carbocycles. The van der Waals surface area contributed by atoms with Gasteiger partial charge in [0, 0.05) is 11.4 Å². The molecule has 0 aliphatic rings. The van der Waals surface area contributed by atoms with Crippen LogP contribution in [0.3, 0.4) is 0 Å². The second-order valence-corrected chi connectivity index (χ2v) is 7.09. The highest BCUT2D eigenvalue weighted by molar-refractivity contribution is 7.86. The van der Waals surface area contributed by atoms with Gasteiger partial charge in [-0.15, -0.1) is 11.6 Å². The van der Waals surface area contributed by atoms with Gasteiger partial charge in [-0.05, 0) is 34.9 Å². The highest BCUT2D eigenvalue weighted by atomic mass is 35.5. The second-order valence-electron chi connectivity index (χ2n) is 5.43. The number of rotatable bonds is 3. The number of halogens is 1. The van der Waals surface area contributed by atoms with Crippen molar-refractivity contribution in [2.24, 2.45) is 0 Å². The van der Waals surface area contributed by atoms with Gasteiger partial charge in [0.2, 0.25) is 0 Å². The van der Waals surface area contributed by atoms with E-state index >= 15 is 0 Å². The van der Waals surface area contributed by atoms with Crippen LogP contribution in [0.2, 0.25) is 0 Å². The van der Waals surface area contributed by atoms with E-state index in [0.29, 0.717) is 5.56 Å². The van der Waals surface area contributed by atoms with Crippen molar-refractivity contribution in [3.05, 3.63) is 65.7 Å². The second kappa shape index (κ2) is 5.96. The van der Waals surface area contributed by atoms with Crippen LogP contribution in [0.1, 0.15) is 11.1 Å². The van der Waals surface area contributed by atoms with Crippen molar-refractivity contribution in [2.75, 3.05) is 0 Å². The number of aryl methyl sites for hydroxylation is 1. The maximum atomic E-state index is 11.8. The van der Waals surface area contributed by atoms with Crippen LogP contribution in [-0.2, 0) is 16.0 Å². The molecule has 0 atom stereocenters. The summed E-state index contributed by atoms with van der Waals surface area (Å²) >= 11 is 6.08. The zero-order valence-corrected chi connectivity index (χ0v) is 14.0. The normalized spacial score (nSPS) is 11.8. The van der Waals surface area contributed by atoms with Gasteiger partial charge in [0.25, 0.3) is 10.1 Å². The summed E-state index contributed by atoms with van der Waals surface area (Å²) in [6.45, 7) is 1.88. The van der Waals surface area contributed by atoms with E-state index in [1.807, 2.05) is 43.3 Å². The van der Waals surface area contributed by atoms with Crippen LogP contribution < -0.4 is 0 Å². The molecule has 0 saturated heterocycles. The average Bonchev–Trinajstić information content (AvgIpc) is 2.52. The maximum Gasteiger partial charge on any atom is 0.295 e. The molecule has 0 aliphatic carbocycles. The number of benzene rings is 3. The average molecular weight is 347 g/mol. The summed E-state index contributed by atoms with van der Waals surface area (Å²) in [5.41, 5.74) is 2.94. The Kier molecular flexibility index (Phi) is 4.15. The van der Waals surface area contributed by atoms with Gasteiger partial charge < -0.3 is 0 Å². The fourth-order valence-electron chi connectivity index (χ4n) is 2.81. The van der Waals surface area contributed by atoms with E-state index in [4.69, 9.17) is 11.6 Å². The van der Waals surface area contributed by atoms with Crippen LogP contribution in [0.15, 0.2) is 59.5 Å². The van der Waals surface area contributed by atoms with Gasteiger partial charge in [-0.1, -0.05) is 54.1 Å². The molecule has 0 aromatic heterocycles. The zero-order valence-electron chi connectivity index (χ0n) is 12.5. The number of fused-ring (bicyclic) bond motifs is 1. The predicted octanol–water partition coefficient (Wildman–Crippen LogP) is 4.80. The molecule has 118 valence electrons. The topological polar surface area (TPSA) is 54.4 Å². The molecule has 3 nitrogen and oxygen atoms in total. The third-order valence-electron chi connectivity index (χ3n) is 3.84. The molecule has 1 N–H and O–H groups in total. The fraction of sp³-hybridized carbons (Fsp3) is 0.111. The smallest absolute Gasteiger partial charge is 0.282 e. The quantitative estimate of drug-likeness (QED) is 0.547.